The third-order valence-corrected chi connectivity index (χ3v) is 6.87. The number of para-hydroxylation sites is 1. The molecule has 0 fully saturated rings. The molecule has 3 rings (SSSR count). The molecule has 0 bridgehead atoms. The van der Waals surface area contributed by atoms with Gasteiger partial charge in [-0.2, -0.15) is 0 Å². The topological polar surface area (TPSA) is 123 Å². The van der Waals surface area contributed by atoms with Crippen LogP contribution in [0, 0.1) is 0 Å². The second-order valence-corrected chi connectivity index (χ2v) is 10.3. The van der Waals surface area contributed by atoms with Crippen molar-refractivity contribution in [3.05, 3.63) is 77.9 Å². The fourth-order valence-corrected chi connectivity index (χ4v) is 4.03. The number of rotatable bonds is 12. The zero-order valence-electron chi connectivity index (χ0n) is 21.7. The summed E-state index contributed by atoms with van der Waals surface area (Å²) in [5.74, 6) is 0.863. The summed E-state index contributed by atoms with van der Waals surface area (Å²) in [4.78, 5) is 25.3. The van der Waals surface area contributed by atoms with E-state index < -0.39 is 15.9 Å². The molecule has 3 aromatic carbocycles. The molecule has 0 aliphatic heterocycles. The van der Waals surface area contributed by atoms with Crippen LogP contribution in [0.2, 0.25) is 0 Å². The number of carbonyl (C=O) groups is 2. The van der Waals surface area contributed by atoms with Gasteiger partial charge in [-0.05, 0) is 60.5 Å². The summed E-state index contributed by atoms with van der Waals surface area (Å²) in [5.41, 5.74) is 2.12. The van der Waals surface area contributed by atoms with Crippen LogP contribution in [0.15, 0.2) is 66.7 Å². The van der Waals surface area contributed by atoms with E-state index >= 15 is 0 Å². The van der Waals surface area contributed by atoms with Gasteiger partial charge in [0, 0.05) is 13.6 Å². The molecule has 10 nitrogen and oxygen atoms in total. The molecule has 11 heteroatoms. The predicted molar refractivity (Wildman–Crippen MR) is 146 cm³/mol. The van der Waals surface area contributed by atoms with Crippen molar-refractivity contribution in [2.75, 3.05) is 50.3 Å². The van der Waals surface area contributed by atoms with Crippen LogP contribution < -0.4 is 29.1 Å². The minimum absolute atomic E-state index is 0.295. The first-order valence-electron chi connectivity index (χ1n) is 11.7. The number of amides is 2. The van der Waals surface area contributed by atoms with E-state index in [0.29, 0.717) is 47.2 Å². The Morgan fingerprint density at radius 1 is 0.921 bits per heavy atom. The summed E-state index contributed by atoms with van der Waals surface area (Å²) in [6.45, 7) is 0.0841. The van der Waals surface area contributed by atoms with E-state index in [4.69, 9.17) is 14.2 Å². The number of nitrogens with zero attached hydrogens (tertiary/aromatic N) is 1. The standard InChI is InChI=1S/C27H31N3O7S/c1-30(38(4,33)34)20-10-12-21(13-11-20)37-18-26(31)29-23-8-6-5-7-22(23)27(32)28-16-15-19-9-14-24(35-2)25(17-19)36-3/h5-14,17H,15-16,18H2,1-4H3,(H,28,32)(H,29,31). The van der Waals surface area contributed by atoms with E-state index in [9.17, 15) is 18.0 Å². The number of hydrogen-bond acceptors (Lipinski definition) is 7. The van der Waals surface area contributed by atoms with Crippen molar-refractivity contribution in [1.82, 2.24) is 5.32 Å². The van der Waals surface area contributed by atoms with Gasteiger partial charge in [0.15, 0.2) is 18.1 Å². The molecule has 202 valence electrons. The van der Waals surface area contributed by atoms with Crippen LogP contribution in [0.3, 0.4) is 0 Å². The monoisotopic (exact) mass is 541 g/mol. The second kappa shape index (κ2) is 12.8. The highest BCUT2D eigenvalue weighted by atomic mass is 32.2. The Balaban J connectivity index is 1.54. The summed E-state index contributed by atoms with van der Waals surface area (Å²) in [6, 6.07) is 18.6. The first-order valence-corrected chi connectivity index (χ1v) is 13.5. The van der Waals surface area contributed by atoms with Crippen molar-refractivity contribution < 1.29 is 32.2 Å². The summed E-state index contributed by atoms with van der Waals surface area (Å²) in [7, 11) is 1.20. The molecule has 0 radical (unpaired) electrons. The molecule has 0 saturated heterocycles. The lowest BCUT2D eigenvalue weighted by Crippen LogP contribution is -2.28. The lowest BCUT2D eigenvalue weighted by atomic mass is 10.1. The number of hydrogen-bond donors (Lipinski definition) is 2. The van der Waals surface area contributed by atoms with Gasteiger partial charge in [0.25, 0.3) is 11.8 Å². The van der Waals surface area contributed by atoms with Gasteiger partial charge in [-0.3, -0.25) is 13.9 Å². The quantitative estimate of drug-likeness (QED) is 0.361. The second-order valence-electron chi connectivity index (χ2n) is 8.30. The Labute approximate surface area is 222 Å². The van der Waals surface area contributed by atoms with Crippen LogP contribution in [-0.4, -0.2) is 60.9 Å². The Bertz CT molecular complexity index is 1380. The van der Waals surface area contributed by atoms with Gasteiger partial charge >= 0.3 is 0 Å². The number of benzene rings is 3. The highest BCUT2D eigenvalue weighted by Gasteiger charge is 2.15. The van der Waals surface area contributed by atoms with E-state index in [2.05, 4.69) is 10.6 Å². The Morgan fingerprint density at radius 3 is 2.26 bits per heavy atom. The fourth-order valence-electron chi connectivity index (χ4n) is 3.52. The third kappa shape index (κ3) is 7.62. The number of nitrogens with one attached hydrogen (secondary N) is 2. The molecule has 0 aromatic heterocycles. The van der Waals surface area contributed by atoms with Crippen LogP contribution in [0.5, 0.6) is 17.2 Å². The Kier molecular flexibility index (Phi) is 9.55. The number of carbonyl (C=O) groups excluding carboxylic acids is 2. The molecule has 0 saturated carbocycles. The Morgan fingerprint density at radius 2 is 1.61 bits per heavy atom. The average molecular weight is 542 g/mol. The molecule has 2 amide bonds. The maximum absolute atomic E-state index is 12.8. The summed E-state index contributed by atoms with van der Waals surface area (Å²) in [6.07, 6.45) is 1.69. The first kappa shape index (κ1) is 28.3. The van der Waals surface area contributed by atoms with E-state index in [1.807, 2.05) is 18.2 Å². The van der Waals surface area contributed by atoms with Gasteiger partial charge in [0.05, 0.1) is 37.4 Å². The molecule has 0 aliphatic rings. The van der Waals surface area contributed by atoms with Gasteiger partial charge in [-0.15, -0.1) is 0 Å². The molecule has 0 aliphatic carbocycles. The number of methoxy groups -OCH3 is 2. The van der Waals surface area contributed by atoms with Crippen molar-refractivity contribution >= 4 is 33.2 Å². The van der Waals surface area contributed by atoms with Crippen LogP contribution in [0.1, 0.15) is 15.9 Å². The van der Waals surface area contributed by atoms with Crippen molar-refractivity contribution in [2.45, 2.75) is 6.42 Å². The zero-order chi connectivity index (χ0) is 27.7. The summed E-state index contributed by atoms with van der Waals surface area (Å²) in [5, 5.41) is 5.57. The first-order chi connectivity index (χ1) is 18.1. The molecule has 0 atom stereocenters. The lowest BCUT2D eigenvalue weighted by Gasteiger charge is -2.17. The number of sulfonamides is 1. The van der Waals surface area contributed by atoms with Crippen molar-refractivity contribution in [3.63, 3.8) is 0 Å². The van der Waals surface area contributed by atoms with Gasteiger partial charge in [0.2, 0.25) is 10.0 Å². The predicted octanol–water partition coefficient (Wildman–Crippen LogP) is 3.09. The smallest absolute Gasteiger partial charge is 0.262 e. The maximum Gasteiger partial charge on any atom is 0.262 e. The highest BCUT2D eigenvalue weighted by molar-refractivity contribution is 7.92. The van der Waals surface area contributed by atoms with Crippen LogP contribution in [0.4, 0.5) is 11.4 Å². The van der Waals surface area contributed by atoms with Gasteiger partial charge in [-0.1, -0.05) is 18.2 Å². The fraction of sp³-hybridized carbons (Fsp3) is 0.259. The zero-order valence-corrected chi connectivity index (χ0v) is 22.5. The van der Waals surface area contributed by atoms with E-state index in [-0.39, 0.29) is 12.5 Å². The third-order valence-electron chi connectivity index (χ3n) is 5.66. The SMILES string of the molecule is COc1ccc(CCNC(=O)c2ccccc2NC(=O)COc2ccc(N(C)S(C)(=O)=O)cc2)cc1OC. The number of ether oxygens (including phenoxy) is 3. The molecular weight excluding hydrogens is 510 g/mol. The maximum atomic E-state index is 12.8. The van der Waals surface area contributed by atoms with Crippen molar-refractivity contribution in [3.8, 4) is 17.2 Å². The molecule has 0 heterocycles. The number of anilines is 2. The van der Waals surface area contributed by atoms with Gasteiger partial charge in [0.1, 0.15) is 5.75 Å². The molecule has 3 aromatic rings. The average Bonchev–Trinajstić information content (AvgIpc) is 2.91. The summed E-state index contributed by atoms with van der Waals surface area (Å²) >= 11 is 0. The Hall–Kier alpha value is -4.25. The molecule has 38 heavy (non-hydrogen) atoms. The molecule has 0 spiro atoms. The molecule has 2 N–H and O–H groups in total. The highest BCUT2D eigenvalue weighted by Crippen LogP contribution is 2.27. The van der Waals surface area contributed by atoms with E-state index in [1.165, 1.54) is 7.05 Å². The van der Waals surface area contributed by atoms with E-state index in [1.54, 1.807) is 62.8 Å². The normalized spacial score (nSPS) is 10.8. The van der Waals surface area contributed by atoms with Crippen LogP contribution in [0.25, 0.3) is 0 Å². The minimum atomic E-state index is -3.38. The van der Waals surface area contributed by atoms with Crippen molar-refractivity contribution in [2.24, 2.45) is 0 Å². The lowest BCUT2D eigenvalue weighted by molar-refractivity contribution is -0.118. The minimum Gasteiger partial charge on any atom is -0.493 e. The van der Waals surface area contributed by atoms with Gasteiger partial charge < -0.3 is 24.8 Å². The summed E-state index contributed by atoms with van der Waals surface area (Å²) < 4.78 is 40.5. The van der Waals surface area contributed by atoms with Crippen LogP contribution in [-0.2, 0) is 21.2 Å². The van der Waals surface area contributed by atoms with Gasteiger partial charge in [-0.25, -0.2) is 8.42 Å². The van der Waals surface area contributed by atoms with E-state index in [0.717, 1.165) is 16.1 Å². The molecule has 0 unspecified atom stereocenters. The molecular formula is C27H31N3O7S. The van der Waals surface area contributed by atoms with Crippen molar-refractivity contribution in [1.29, 1.82) is 0 Å². The van der Waals surface area contributed by atoms with Crippen LogP contribution >= 0.6 is 0 Å². The largest absolute Gasteiger partial charge is 0.493 e.